The summed E-state index contributed by atoms with van der Waals surface area (Å²) in [6, 6.07) is 8.41. The third kappa shape index (κ3) is 3.54. The Labute approximate surface area is 110 Å². The summed E-state index contributed by atoms with van der Waals surface area (Å²) in [5.41, 5.74) is 0.986. The van der Waals surface area contributed by atoms with Crippen LogP contribution in [-0.2, 0) is 9.53 Å². The first-order chi connectivity index (χ1) is 8.20. The van der Waals surface area contributed by atoms with E-state index in [-0.39, 0.29) is 11.9 Å². The largest absolute Gasteiger partial charge is 0.469 e. The highest BCUT2D eigenvalue weighted by Crippen LogP contribution is 2.23. The van der Waals surface area contributed by atoms with Gasteiger partial charge < -0.3 is 10.1 Å². The third-order valence-electron chi connectivity index (χ3n) is 2.92. The van der Waals surface area contributed by atoms with E-state index in [9.17, 15) is 4.79 Å². The van der Waals surface area contributed by atoms with Crippen molar-refractivity contribution in [1.29, 1.82) is 0 Å². The van der Waals surface area contributed by atoms with Crippen molar-refractivity contribution in [3.05, 3.63) is 34.3 Å². The first-order valence-corrected chi connectivity index (χ1v) is 6.56. The molecule has 0 radical (unpaired) electrons. The lowest BCUT2D eigenvalue weighted by Crippen LogP contribution is -2.29. The predicted octanol–water partition coefficient (Wildman–Crippen LogP) is 2.46. The molecule has 1 aromatic rings. The molecular formula is C13H16BrNO2. The molecule has 1 aliphatic rings. The molecule has 0 aromatic heterocycles. The van der Waals surface area contributed by atoms with Crippen molar-refractivity contribution in [3.8, 4) is 0 Å². The molecule has 1 saturated carbocycles. The number of carbonyl (C=O) groups is 1. The molecule has 1 atom stereocenters. The summed E-state index contributed by atoms with van der Waals surface area (Å²) in [7, 11) is 1.43. The molecule has 0 aliphatic heterocycles. The quantitative estimate of drug-likeness (QED) is 0.849. The third-order valence-corrected chi connectivity index (χ3v) is 3.42. The van der Waals surface area contributed by atoms with Gasteiger partial charge in [0.15, 0.2) is 0 Å². The Kier molecular flexibility index (Phi) is 4.18. The van der Waals surface area contributed by atoms with Gasteiger partial charge in [0.2, 0.25) is 0 Å². The maximum absolute atomic E-state index is 11.8. The first-order valence-electron chi connectivity index (χ1n) is 5.77. The molecule has 4 heteroatoms. The van der Waals surface area contributed by atoms with Crippen LogP contribution in [0.2, 0.25) is 0 Å². The minimum atomic E-state index is -0.224. The number of rotatable bonds is 5. The normalized spacial score (nSPS) is 16.6. The molecule has 1 N–H and O–H groups in total. The number of nitrogens with one attached hydrogen (secondary N) is 1. The van der Waals surface area contributed by atoms with Gasteiger partial charge in [0.1, 0.15) is 0 Å². The van der Waals surface area contributed by atoms with Crippen LogP contribution in [0.5, 0.6) is 0 Å². The van der Waals surface area contributed by atoms with Crippen LogP contribution in [0.3, 0.4) is 0 Å². The number of benzene rings is 1. The molecule has 1 aliphatic carbocycles. The van der Waals surface area contributed by atoms with Gasteiger partial charge in [-0.15, -0.1) is 0 Å². The van der Waals surface area contributed by atoms with Gasteiger partial charge >= 0.3 is 5.97 Å². The first kappa shape index (κ1) is 12.6. The molecule has 1 fully saturated rings. The molecule has 0 spiro atoms. The lowest BCUT2D eigenvalue weighted by molar-refractivity contribution is -0.142. The minimum Gasteiger partial charge on any atom is -0.469 e. The van der Waals surface area contributed by atoms with Crippen LogP contribution < -0.4 is 5.32 Å². The highest BCUT2D eigenvalue weighted by Gasteiger charge is 2.26. The molecule has 0 amide bonds. The Morgan fingerprint density at radius 2 is 2.35 bits per heavy atom. The summed E-state index contributed by atoms with van der Waals surface area (Å²) in [5.74, 6) is -0.408. The van der Waals surface area contributed by atoms with Gasteiger partial charge in [-0.25, -0.2) is 0 Å². The number of carbonyl (C=O) groups excluding carboxylic acids is 1. The van der Waals surface area contributed by atoms with E-state index in [4.69, 9.17) is 4.74 Å². The fourth-order valence-corrected chi connectivity index (χ4v) is 2.19. The van der Waals surface area contributed by atoms with Crippen molar-refractivity contribution in [2.45, 2.75) is 24.8 Å². The summed E-state index contributed by atoms with van der Waals surface area (Å²) < 4.78 is 5.85. The Bertz CT molecular complexity index is 404. The zero-order valence-electron chi connectivity index (χ0n) is 9.78. The fourth-order valence-electron chi connectivity index (χ4n) is 1.77. The van der Waals surface area contributed by atoms with Crippen molar-refractivity contribution in [2.24, 2.45) is 0 Å². The second kappa shape index (κ2) is 5.65. The van der Waals surface area contributed by atoms with Crippen molar-refractivity contribution < 1.29 is 9.53 Å². The van der Waals surface area contributed by atoms with E-state index in [1.54, 1.807) is 0 Å². The van der Waals surface area contributed by atoms with Crippen molar-refractivity contribution in [3.63, 3.8) is 0 Å². The summed E-state index contributed by atoms with van der Waals surface area (Å²) in [6.45, 7) is 0.647. The van der Waals surface area contributed by atoms with Gasteiger partial charge in [-0.1, -0.05) is 28.1 Å². The van der Waals surface area contributed by atoms with Crippen LogP contribution in [-0.4, -0.2) is 25.7 Å². The van der Waals surface area contributed by atoms with E-state index in [0.29, 0.717) is 12.6 Å². The SMILES string of the molecule is COC(=O)C(CNC1CC1)c1cccc(Br)c1. The van der Waals surface area contributed by atoms with Gasteiger partial charge in [-0.3, -0.25) is 4.79 Å². The van der Waals surface area contributed by atoms with Crippen LogP contribution in [0.25, 0.3) is 0 Å². The van der Waals surface area contributed by atoms with Gasteiger partial charge in [0.05, 0.1) is 13.0 Å². The Balaban J connectivity index is 2.09. The fraction of sp³-hybridized carbons (Fsp3) is 0.462. The average molecular weight is 298 g/mol. The lowest BCUT2D eigenvalue weighted by atomic mass is 9.99. The molecule has 0 heterocycles. The van der Waals surface area contributed by atoms with Crippen molar-refractivity contribution >= 4 is 21.9 Å². The van der Waals surface area contributed by atoms with Crippen LogP contribution in [0.1, 0.15) is 24.3 Å². The van der Waals surface area contributed by atoms with Gasteiger partial charge in [-0.05, 0) is 30.5 Å². The van der Waals surface area contributed by atoms with E-state index in [2.05, 4.69) is 21.2 Å². The zero-order valence-corrected chi connectivity index (χ0v) is 11.4. The topological polar surface area (TPSA) is 38.3 Å². The molecule has 1 aromatic carbocycles. The van der Waals surface area contributed by atoms with Crippen LogP contribution in [0.4, 0.5) is 0 Å². The van der Waals surface area contributed by atoms with E-state index in [1.165, 1.54) is 20.0 Å². The van der Waals surface area contributed by atoms with Crippen LogP contribution in [0, 0.1) is 0 Å². The monoisotopic (exact) mass is 297 g/mol. The number of esters is 1. The van der Waals surface area contributed by atoms with Gasteiger partial charge in [0.25, 0.3) is 0 Å². The molecule has 3 nitrogen and oxygen atoms in total. The smallest absolute Gasteiger partial charge is 0.314 e. The molecule has 1 unspecified atom stereocenters. The van der Waals surface area contributed by atoms with Gasteiger partial charge in [0, 0.05) is 17.1 Å². The molecule has 0 bridgehead atoms. The van der Waals surface area contributed by atoms with Crippen molar-refractivity contribution in [2.75, 3.05) is 13.7 Å². The van der Waals surface area contributed by atoms with E-state index in [0.717, 1.165) is 10.0 Å². The number of hydrogen-bond acceptors (Lipinski definition) is 3. The molecular weight excluding hydrogens is 282 g/mol. The average Bonchev–Trinajstić information content (AvgIpc) is 3.13. The predicted molar refractivity (Wildman–Crippen MR) is 69.9 cm³/mol. The van der Waals surface area contributed by atoms with E-state index >= 15 is 0 Å². The molecule has 0 saturated heterocycles. The highest BCUT2D eigenvalue weighted by atomic mass is 79.9. The van der Waals surface area contributed by atoms with Crippen LogP contribution in [0.15, 0.2) is 28.7 Å². The minimum absolute atomic E-state index is 0.184. The Morgan fingerprint density at radius 1 is 1.59 bits per heavy atom. The highest BCUT2D eigenvalue weighted by molar-refractivity contribution is 9.10. The number of ether oxygens (including phenoxy) is 1. The van der Waals surface area contributed by atoms with Gasteiger partial charge in [-0.2, -0.15) is 0 Å². The lowest BCUT2D eigenvalue weighted by Gasteiger charge is -2.16. The molecule has 92 valence electrons. The summed E-state index contributed by atoms with van der Waals surface area (Å²) >= 11 is 3.42. The van der Waals surface area contributed by atoms with E-state index < -0.39 is 0 Å². The maximum atomic E-state index is 11.8. The summed E-state index contributed by atoms with van der Waals surface area (Å²) in [4.78, 5) is 11.8. The van der Waals surface area contributed by atoms with Crippen LogP contribution >= 0.6 is 15.9 Å². The second-order valence-corrected chi connectivity index (χ2v) is 5.23. The molecule has 17 heavy (non-hydrogen) atoms. The van der Waals surface area contributed by atoms with E-state index in [1.807, 2.05) is 24.3 Å². The number of halogens is 1. The standard InChI is InChI=1S/C13H16BrNO2/c1-17-13(16)12(8-15-11-5-6-11)9-3-2-4-10(14)7-9/h2-4,7,11-12,15H,5-6,8H2,1H3. The number of methoxy groups -OCH3 is 1. The summed E-state index contributed by atoms with van der Waals surface area (Å²) in [5, 5.41) is 3.37. The Hall–Kier alpha value is -0.870. The number of hydrogen-bond donors (Lipinski definition) is 1. The maximum Gasteiger partial charge on any atom is 0.314 e. The summed E-state index contributed by atoms with van der Waals surface area (Å²) in [6.07, 6.45) is 2.43. The van der Waals surface area contributed by atoms with Crippen molar-refractivity contribution in [1.82, 2.24) is 5.32 Å². The second-order valence-electron chi connectivity index (χ2n) is 4.31. The zero-order chi connectivity index (χ0) is 12.3. The molecule has 2 rings (SSSR count). The Morgan fingerprint density at radius 3 is 2.94 bits per heavy atom.